The molecule has 23 heavy (non-hydrogen) atoms. The summed E-state index contributed by atoms with van der Waals surface area (Å²) in [5.74, 6) is 0.909. The second-order valence-electron chi connectivity index (χ2n) is 6.02. The SMILES string of the molecule is COc1ccc(OC(F)(F)F)cc1[C@H](C1CC1)N1CCNCC1. The second-order valence-corrected chi connectivity index (χ2v) is 6.02. The van der Waals surface area contributed by atoms with Crippen LogP contribution in [0.3, 0.4) is 0 Å². The van der Waals surface area contributed by atoms with E-state index in [9.17, 15) is 13.2 Å². The summed E-state index contributed by atoms with van der Waals surface area (Å²) in [5, 5.41) is 3.31. The van der Waals surface area contributed by atoms with Gasteiger partial charge in [-0.25, -0.2) is 0 Å². The Morgan fingerprint density at radius 2 is 1.91 bits per heavy atom. The summed E-state index contributed by atoms with van der Waals surface area (Å²) in [6.07, 6.45) is -2.49. The standard InChI is InChI=1S/C16H21F3N2O2/c1-22-14-5-4-12(23-16(17,18)19)10-13(14)15(11-2-3-11)21-8-6-20-7-9-21/h4-5,10-11,15,20H,2-3,6-9H2,1H3/t15-/m0/s1. The quantitative estimate of drug-likeness (QED) is 0.900. The Bertz CT molecular complexity index is 541. The molecule has 128 valence electrons. The molecule has 3 rings (SSSR count). The summed E-state index contributed by atoms with van der Waals surface area (Å²) in [6.45, 7) is 3.55. The fourth-order valence-electron chi connectivity index (χ4n) is 3.26. The maximum atomic E-state index is 12.5. The van der Waals surface area contributed by atoms with E-state index in [0.717, 1.165) is 44.6 Å². The number of ether oxygens (including phenoxy) is 2. The number of halogens is 3. The normalized spacial score (nSPS) is 21.0. The van der Waals surface area contributed by atoms with E-state index in [4.69, 9.17) is 4.74 Å². The predicted molar refractivity (Wildman–Crippen MR) is 79.6 cm³/mol. The lowest BCUT2D eigenvalue weighted by Crippen LogP contribution is -2.45. The second kappa shape index (κ2) is 6.57. The van der Waals surface area contributed by atoms with Gasteiger partial charge >= 0.3 is 6.36 Å². The molecule has 1 saturated carbocycles. The molecule has 1 aliphatic carbocycles. The topological polar surface area (TPSA) is 33.7 Å². The van der Waals surface area contributed by atoms with Gasteiger partial charge in [-0.15, -0.1) is 13.2 Å². The van der Waals surface area contributed by atoms with Gasteiger partial charge in [-0.05, 0) is 37.0 Å². The minimum atomic E-state index is -4.68. The Morgan fingerprint density at radius 3 is 2.48 bits per heavy atom. The van der Waals surface area contributed by atoms with Gasteiger partial charge in [0.05, 0.1) is 7.11 Å². The third-order valence-corrected chi connectivity index (χ3v) is 4.37. The highest BCUT2D eigenvalue weighted by Crippen LogP contribution is 2.48. The molecule has 0 bridgehead atoms. The largest absolute Gasteiger partial charge is 0.573 e. The molecule has 2 fully saturated rings. The van der Waals surface area contributed by atoms with Gasteiger partial charge in [0.2, 0.25) is 0 Å². The van der Waals surface area contributed by atoms with Crippen LogP contribution in [0.15, 0.2) is 18.2 Å². The lowest BCUT2D eigenvalue weighted by molar-refractivity contribution is -0.274. The summed E-state index contributed by atoms with van der Waals surface area (Å²) in [5.41, 5.74) is 0.790. The number of hydrogen-bond donors (Lipinski definition) is 1. The number of benzene rings is 1. The van der Waals surface area contributed by atoms with Crippen LogP contribution in [0.5, 0.6) is 11.5 Å². The van der Waals surface area contributed by atoms with Gasteiger partial charge in [0.15, 0.2) is 0 Å². The maximum absolute atomic E-state index is 12.5. The molecular weight excluding hydrogens is 309 g/mol. The number of nitrogens with one attached hydrogen (secondary N) is 1. The molecular formula is C16H21F3N2O2. The van der Waals surface area contributed by atoms with Gasteiger partial charge in [-0.1, -0.05) is 0 Å². The Morgan fingerprint density at radius 1 is 1.22 bits per heavy atom. The van der Waals surface area contributed by atoms with Crippen molar-refractivity contribution in [1.29, 1.82) is 0 Å². The van der Waals surface area contributed by atoms with E-state index in [1.807, 2.05) is 0 Å². The van der Waals surface area contributed by atoms with Gasteiger partial charge < -0.3 is 14.8 Å². The molecule has 0 amide bonds. The minimum Gasteiger partial charge on any atom is -0.496 e. The third kappa shape index (κ3) is 4.09. The zero-order chi connectivity index (χ0) is 16.4. The summed E-state index contributed by atoms with van der Waals surface area (Å²) in [6, 6.07) is 4.44. The van der Waals surface area contributed by atoms with E-state index in [1.165, 1.54) is 12.1 Å². The van der Waals surface area contributed by atoms with Crippen LogP contribution in [-0.4, -0.2) is 44.6 Å². The summed E-state index contributed by atoms with van der Waals surface area (Å²) >= 11 is 0. The van der Waals surface area contributed by atoms with Crippen molar-refractivity contribution in [2.24, 2.45) is 5.92 Å². The molecule has 0 aromatic heterocycles. The first-order valence-electron chi connectivity index (χ1n) is 7.86. The Hall–Kier alpha value is -1.47. The molecule has 4 nitrogen and oxygen atoms in total. The minimum absolute atomic E-state index is 0.0869. The van der Waals surface area contributed by atoms with Crippen molar-refractivity contribution in [3.05, 3.63) is 23.8 Å². The van der Waals surface area contributed by atoms with Crippen molar-refractivity contribution in [3.8, 4) is 11.5 Å². The third-order valence-electron chi connectivity index (χ3n) is 4.37. The van der Waals surface area contributed by atoms with Gasteiger partial charge in [-0.2, -0.15) is 0 Å². The Labute approximate surface area is 133 Å². The molecule has 0 radical (unpaired) electrons. The molecule has 1 aromatic rings. The summed E-state index contributed by atoms with van der Waals surface area (Å²) in [7, 11) is 1.55. The van der Waals surface area contributed by atoms with Crippen LogP contribution >= 0.6 is 0 Å². The molecule has 7 heteroatoms. The highest BCUT2D eigenvalue weighted by Gasteiger charge is 2.39. The summed E-state index contributed by atoms with van der Waals surface area (Å²) in [4.78, 5) is 2.34. The Kier molecular flexibility index (Phi) is 4.68. The molecule has 0 unspecified atom stereocenters. The zero-order valence-corrected chi connectivity index (χ0v) is 13.0. The fourth-order valence-corrected chi connectivity index (χ4v) is 3.26. The molecule has 2 aliphatic rings. The molecule has 1 N–H and O–H groups in total. The van der Waals surface area contributed by atoms with Crippen LogP contribution in [0.1, 0.15) is 24.4 Å². The first-order chi connectivity index (χ1) is 11.0. The highest BCUT2D eigenvalue weighted by molar-refractivity contribution is 5.43. The van der Waals surface area contributed by atoms with E-state index in [-0.39, 0.29) is 11.8 Å². The molecule has 1 atom stereocenters. The fraction of sp³-hybridized carbons (Fsp3) is 0.625. The van der Waals surface area contributed by atoms with Crippen molar-refractivity contribution >= 4 is 0 Å². The van der Waals surface area contributed by atoms with E-state index in [1.54, 1.807) is 13.2 Å². The first kappa shape index (κ1) is 16.4. The summed E-state index contributed by atoms with van der Waals surface area (Å²) < 4.78 is 47.0. The van der Waals surface area contributed by atoms with E-state index >= 15 is 0 Å². The monoisotopic (exact) mass is 330 g/mol. The average Bonchev–Trinajstić information content (AvgIpc) is 3.32. The van der Waals surface area contributed by atoms with Crippen molar-refractivity contribution < 1.29 is 22.6 Å². The van der Waals surface area contributed by atoms with Crippen LogP contribution in [0.2, 0.25) is 0 Å². The van der Waals surface area contributed by atoms with Crippen molar-refractivity contribution in [1.82, 2.24) is 10.2 Å². The smallest absolute Gasteiger partial charge is 0.496 e. The maximum Gasteiger partial charge on any atom is 0.573 e. The number of nitrogens with zero attached hydrogens (tertiary/aromatic N) is 1. The van der Waals surface area contributed by atoms with Crippen LogP contribution in [0.4, 0.5) is 13.2 Å². The van der Waals surface area contributed by atoms with Crippen LogP contribution in [0, 0.1) is 5.92 Å². The van der Waals surface area contributed by atoms with Gasteiger partial charge in [-0.3, -0.25) is 4.90 Å². The van der Waals surface area contributed by atoms with E-state index in [2.05, 4.69) is 15.0 Å². The van der Waals surface area contributed by atoms with E-state index in [0.29, 0.717) is 11.7 Å². The number of alkyl halides is 3. The average molecular weight is 330 g/mol. The molecule has 1 heterocycles. The molecule has 1 aliphatic heterocycles. The van der Waals surface area contributed by atoms with Gasteiger partial charge in [0.1, 0.15) is 11.5 Å². The van der Waals surface area contributed by atoms with Crippen molar-refractivity contribution in [2.45, 2.75) is 25.2 Å². The molecule has 1 saturated heterocycles. The first-order valence-corrected chi connectivity index (χ1v) is 7.86. The van der Waals surface area contributed by atoms with Crippen LogP contribution in [-0.2, 0) is 0 Å². The highest BCUT2D eigenvalue weighted by atomic mass is 19.4. The van der Waals surface area contributed by atoms with Gasteiger partial charge in [0, 0.05) is 37.8 Å². The predicted octanol–water partition coefficient (Wildman–Crippen LogP) is 2.95. The lowest BCUT2D eigenvalue weighted by atomic mass is 9.98. The zero-order valence-electron chi connectivity index (χ0n) is 13.0. The van der Waals surface area contributed by atoms with Gasteiger partial charge in [0.25, 0.3) is 0 Å². The van der Waals surface area contributed by atoms with Crippen molar-refractivity contribution in [2.75, 3.05) is 33.3 Å². The van der Waals surface area contributed by atoms with Crippen LogP contribution < -0.4 is 14.8 Å². The molecule has 1 aromatic carbocycles. The van der Waals surface area contributed by atoms with E-state index < -0.39 is 6.36 Å². The Balaban J connectivity index is 1.91. The lowest BCUT2D eigenvalue weighted by Gasteiger charge is -2.36. The number of piperazine rings is 1. The number of methoxy groups -OCH3 is 1. The number of hydrogen-bond acceptors (Lipinski definition) is 4. The van der Waals surface area contributed by atoms with Crippen LogP contribution in [0.25, 0.3) is 0 Å². The van der Waals surface area contributed by atoms with Crippen molar-refractivity contribution in [3.63, 3.8) is 0 Å². The number of rotatable bonds is 5. The molecule has 0 spiro atoms.